The molecule has 1 saturated carbocycles. The molecule has 0 heterocycles. The van der Waals surface area contributed by atoms with Crippen LogP contribution in [0.25, 0.3) is 5.57 Å². The molecule has 0 aliphatic heterocycles. The third-order valence-corrected chi connectivity index (χ3v) is 4.53. The average Bonchev–Trinajstić information content (AvgIpc) is 3.17. The van der Waals surface area contributed by atoms with Crippen molar-refractivity contribution in [3.8, 4) is 0 Å². The van der Waals surface area contributed by atoms with Gasteiger partial charge in [-0.25, -0.2) is 0 Å². The predicted molar refractivity (Wildman–Crippen MR) is 87.6 cm³/mol. The van der Waals surface area contributed by atoms with Crippen LogP contribution in [0, 0.1) is 11.8 Å². The quantitative estimate of drug-likeness (QED) is 0.651. The van der Waals surface area contributed by atoms with E-state index in [9.17, 15) is 0 Å². The molecule has 0 saturated heterocycles. The van der Waals surface area contributed by atoms with Crippen molar-refractivity contribution < 1.29 is 0 Å². The first kappa shape index (κ1) is 13.4. The first-order valence-electron chi connectivity index (χ1n) is 7.75. The maximum absolute atomic E-state index is 4.02. The molecule has 0 heteroatoms. The molecule has 0 N–H and O–H groups in total. The summed E-state index contributed by atoms with van der Waals surface area (Å²) in [5, 5.41) is 0. The minimum Gasteiger partial charge on any atom is -0.0955 e. The van der Waals surface area contributed by atoms with Gasteiger partial charge in [-0.05, 0) is 48.3 Å². The van der Waals surface area contributed by atoms with Gasteiger partial charge in [0.05, 0.1) is 0 Å². The van der Waals surface area contributed by atoms with Crippen LogP contribution < -0.4 is 0 Å². The molecular weight excluding hydrogens is 240 g/mol. The molecule has 20 heavy (non-hydrogen) atoms. The fraction of sp³-hybridized carbons (Fsp3) is 0.400. The molecule has 1 aromatic carbocycles. The van der Waals surface area contributed by atoms with Gasteiger partial charge >= 0.3 is 0 Å². The molecule has 0 spiro atoms. The van der Waals surface area contributed by atoms with Crippen LogP contribution in [0.5, 0.6) is 0 Å². The van der Waals surface area contributed by atoms with E-state index in [2.05, 4.69) is 63.8 Å². The van der Waals surface area contributed by atoms with E-state index in [1.54, 1.807) is 11.1 Å². The first-order valence-corrected chi connectivity index (χ1v) is 7.75. The van der Waals surface area contributed by atoms with Crippen LogP contribution >= 0.6 is 0 Å². The van der Waals surface area contributed by atoms with Gasteiger partial charge in [0.15, 0.2) is 0 Å². The van der Waals surface area contributed by atoms with Crippen molar-refractivity contribution in [1.29, 1.82) is 0 Å². The summed E-state index contributed by atoms with van der Waals surface area (Å²) in [5.74, 6) is 1.96. The zero-order valence-electron chi connectivity index (χ0n) is 12.8. The Balaban J connectivity index is 1.91. The first-order chi connectivity index (χ1) is 9.56. The lowest BCUT2D eigenvalue weighted by molar-refractivity contribution is 0.717. The standard InChI is InChI=1S/C20H24/c1-13(2)15-5-9-17(10-6-15)20-12-18(16-7-8-16)11-19(20)14(3)4/h5-6,9-12,14,16,20H,1,7-8H2,2-4H3. The highest BCUT2D eigenvalue weighted by atomic mass is 14.4. The normalized spacial score (nSPS) is 21.9. The second-order valence-electron chi connectivity index (χ2n) is 6.62. The summed E-state index contributed by atoms with van der Waals surface area (Å²) in [6.45, 7) is 10.7. The van der Waals surface area contributed by atoms with Gasteiger partial charge in [0, 0.05) is 5.92 Å². The second kappa shape index (κ2) is 5.09. The van der Waals surface area contributed by atoms with Crippen molar-refractivity contribution in [2.45, 2.75) is 39.5 Å². The summed E-state index contributed by atoms with van der Waals surface area (Å²) in [5.41, 5.74) is 6.97. The number of allylic oxidation sites excluding steroid dienone is 5. The lowest BCUT2D eigenvalue weighted by atomic mass is 9.87. The van der Waals surface area contributed by atoms with Gasteiger partial charge in [0.1, 0.15) is 0 Å². The summed E-state index contributed by atoms with van der Waals surface area (Å²) in [7, 11) is 0. The summed E-state index contributed by atoms with van der Waals surface area (Å²) in [6, 6.07) is 8.96. The van der Waals surface area contributed by atoms with Crippen molar-refractivity contribution in [3.63, 3.8) is 0 Å². The van der Waals surface area contributed by atoms with Gasteiger partial charge in [-0.15, -0.1) is 0 Å². The van der Waals surface area contributed by atoms with Crippen LogP contribution in [0.1, 0.15) is 50.7 Å². The Morgan fingerprint density at radius 2 is 1.80 bits per heavy atom. The van der Waals surface area contributed by atoms with Gasteiger partial charge in [-0.1, -0.05) is 68.0 Å². The fourth-order valence-corrected chi connectivity index (χ4v) is 3.08. The minimum atomic E-state index is 0.491. The average molecular weight is 264 g/mol. The molecular formula is C20H24. The lowest BCUT2D eigenvalue weighted by Crippen LogP contribution is -2.02. The third kappa shape index (κ3) is 2.52. The molecule has 3 rings (SSSR count). The topological polar surface area (TPSA) is 0 Å². The van der Waals surface area contributed by atoms with E-state index in [1.165, 1.54) is 24.0 Å². The van der Waals surface area contributed by atoms with E-state index in [0.717, 1.165) is 11.5 Å². The number of hydrogen-bond acceptors (Lipinski definition) is 0. The monoisotopic (exact) mass is 264 g/mol. The Morgan fingerprint density at radius 3 is 2.30 bits per heavy atom. The second-order valence-corrected chi connectivity index (χ2v) is 6.62. The molecule has 1 atom stereocenters. The SMILES string of the molecule is C=C(C)c1ccc(C2C=C(C3CC3)C=C2C(C)C)cc1. The van der Waals surface area contributed by atoms with E-state index in [-0.39, 0.29) is 0 Å². The van der Waals surface area contributed by atoms with Crippen LogP contribution in [0.4, 0.5) is 0 Å². The summed E-state index contributed by atoms with van der Waals surface area (Å²) in [4.78, 5) is 0. The molecule has 0 aromatic heterocycles. The summed E-state index contributed by atoms with van der Waals surface area (Å²) in [6.07, 6.45) is 7.74. The predicted octanol–water partition coefficient (Wildman–Crippen LogP) is 5.74. The Bertz CT molecular complexity index is 577. The number of hydrogen-bond donors (Lipinski definition) is 0. The highest BCUT2D eigenvalue weighted by Gasteiger charge is 2.31. The van der Waals surface area contributed by atoms with Gasteiger partial charge in [0.2, 0.25) is 0 Å². The van der Waals surface area contributed by atoms with Crippen molar-refractivity contribution in [2.24, 2.45) is 11.8 Å². The van der Waals surface area contributed by atoms with E-state index in [0.29, 0.717) is 11.8 Å². The minimum absolute atomic E-state index is 0.491. The molecule has 0 radical (unpaired) electrons. The largest absolute Gasteiger partial charge is 0.0955 e. The van der Waals surface area contributed by atoms with Crippen LogP contribution in [0.3, 0.4) is 0 Å². The zero-order chi connectivity index (χ0) is 14.3. The van der Waals surface area contributed by atoms with E-state index in [4.69, 9.17) is 0 Å². The van der Waals surface area contributed by atoms with Crippen LogP contribution in [0.15, 0.2) is 54.1 Å². The van der Waals surface area contributed by atoms with Crippen molar-refractivity contribution in [1.82, 2.24) is 0 Å². The van der Waals surface area contributed by atoms with Gasteiger partial charge < -0.3 is 0 Å². The molecule has 0 nitrogen and oxygen atoms in total. The maximum Gasteiger partial charge on any atom is 0.0239 e. The lowest BCUT2D eigenvalue weighted by Gasteiger charge is -2.17. The molecule has 2 aliphatic carbocycles. The van der Waals surface area contributed by atoms with Crippen LogP contribution in [-0.4, -0.2) is 0 Å². The summed E-state index contributed by atoms with van der Waals surface area (Å²) >= 11 is 0. The molecule has 2 aliphatic rings. The smallest absolute Gasteiger partial charge is 0.0239 e. The summed E-state index contributed by atoms with van der Waals surface area (Å²) < 4.78 is 0. The van der Waals surface area contributed by atoms with Gasteiger partial charge in [0.25, 0.3) is 0 Å². The van der Waals surface area contributed by atoms with Crippen molar-refractivity contribution in [2.75, 3.05) is 0 Å². The van der Waals surface area contributed by atoms with Crippen molar-refractivity contribution in [3.05, 3.63) is 65.3 Å². The van der Waals surface area contributed by atoms with Crippen molar-refractivity contribution >= 4 is 5.57 Å². The molecule has 1 aromatic rings. The maximum atomic E-state index is 4.02. The fourth-order valence-electron chi connectivity index (χ4n) is 3.08. The highest BCUT2D eigenvalue weighted by molar-refractivity contribution is 5.62. The Kier molecular flexibility index (Phi) is 3.41. The third-order valence-electron chi connectivity index (χ3n) is 4.53. The number of rotatable bonds is 4. The molecule has 0 amide bonds. The molecule has 1 unspecified atom stereocenters. The van der Waals surface area contributed by atoms with Crippen LogP contribution in [-0.2, 0) is 0 Å². The molecule has 0 bridgehead atoms. The van der Waals surface area contributed by atoms with Gasteiger partial charge in [-0.2, -0.15) is 0 Å². The van der Waals surface area contributed by atoms with E-state index < -0.39 is 0 Å². The van der Waals surface area contributed by atoms with Crippen LogP contribution in [0.2, 0.25) is 0 Å². The Morgan fingerprint density at radius 1 is 1.15 bits per heavy atom. The van der Waals surface area contributed by atoms with E-state index >= 15 is 0 Å². The van der Waals surface area contributed by atoms with Gasteiger partial charge in [-0.3, -0.25) is 0 Å². The highest BCUT2D eigenvalue weighted by Crippen LogP contribution is 2.46. The zero-order valence-corrected chi connectivity index (χ0v) is 12.8. The number of benzene rings is 1. The Labute approximate surface area is 122 Å². The molecule has 104 valence electrons. The Hall–Kier alpha value is -1.56. The van der Waals surface area contributed by atoms with E-state index in [1.807, 2.05) is 0 Å². The molecule has 1 fully saturated rings.